The lowest BCUT2D eigenvalue weighted by Gasteiger charge is -2.26. The van der Waals surface area contributed by atoms with Gasteiger partial charge in [-0.3, -0.25) is 9.69 Å². The van der Waals surface area contributed by atoms with Crippen LogP contribution >= 0.6 is 24.0 Å². The zero-order valence-electron chi connectivity index (χ0n) is 17.5. The minimum absolute atomic E-state index is 0. The molecule has 0 spiro atoms. The van der Waals surface area contributed by atoms with Crippen LogP contribution < -0.4 is 10.1 Å². The van der Waals surface area contributed by atoms with Gasteiger partial charge in [0.05, 0.1) is 20.2 Å². The molecule has 1 aromatic rings. The van der Waals surface area contributed by atoms with Crippen molar-refractivity contribution in [1.29, 1.82) is 0 Å². The first-order chi connectivity index (χ1) is 13.6. The van der Waals surface area contributed by atoms with Gasteiger partial charge in [0, 0.05) is 46.3 Å². The van der Waals surface area contributed by atoms with Crippen molar-refractivity contribution >= 4 is 35.8 Å². The average molecular weight is 513 g/mol. The molecule has 160 valence electrons. The van der Waals surface area contributed by atoms with Gasteiger partial charge < -0.3 is 19.9 Å². The molecule has 2 aliphatic heterocycles. The van der Waals surface area contributed by atoms with Gasteiger partial charge in [0.2, 0.25) is 5.91 Å². The number of methoxy groups -OCH3 is 1. The zero-order valence-corrected chi connectivity index (χ0v) is 19.8. The average Bonchev–Trinajstić information content (AvgIpc) is 3.40. The van der Waals surface area contributed by atoms with Gasteiger partial charge in [0.15, 0.2) is 5.96 Å². The zero-order chi connectivity index (χ0) is 19.9. The number of rotatable bonds is 6. The monoisotopic (exact) mass is 513 g/mol. The number of ether oxygens (including phenoxy) is 1. The van der Waals surface area contributed by atoms with Gasteiger partial charge in [-0.05, 0) is 24.1 Å². The van der Waals surface area contributed by atoms with Crippen molar-refractivity contribution in [1.82, 2.24) is 20.0 Å². The Bertz CT molecular complexity index is 712. The molecule has 1 aromatic carbocycles. The summed E-state index contributed by atoms with van der Waals surface area (Å²) in [5.41, 5.74) is 1.11. The highest BCUT2D eigenvalue weighted by molar-refractivity contribution is 14.0. The third kappa shape index (κ3) is 6.60. The van der Waals surface area contributed by atoms with E-state index < -0.39 is 0 Å². The Morgan fingerprint density at radius 3 is 2.55 bits per heavy atom. The van der Waals surface area contributed by atoms with E-state index in [1.807, 2.05) is 24.3 Å². The summed E-state index contributed by atoms with van der Waals surface area (Å²) in [7, 11) is 5.20. The van der Waals surface area contributed by atoms with E-state index >= 15 is 0 Å². The molecule has 0 aromatic heterocycles. The Morgan fingerprint density at radius 2 is 1.93 bits per heavy atom. The maximum Gasteiger partial charge on any atom is 0.241 e. The normalized spacial score (nSPS) is 19.2. The molecule has 0 bridgehead atoms. The first-order valence-electron chi connectivity index (χ1n) is 9.82. The van der Waals surface area contributed by atoms with Gasteiger partial charge in [-0.15, -0.1) is 24.0 Å². The van der Waals surface area contributed by atoms with Gasteiger partial charge in [-0.25, -0.2) is 4.99 Å². The molecule has 29 heavy (non-hydrogen) atoms. The number of halogens is 1. The van der Waals surface area contributed by atoms with Crippen molar-refractivity contribution in [3.63, 3.8) is 0 Å². The fraction of sp³-hybridized carbons (Fsp3) is 0.524. The van der Waals surface area contributed by atoms with E-state index in [0.717, 1.165) is 49.9 Å². The Hall–Kier alpha value is -1.81. The van der Waals surface area contributed by atoms with Crippen LogP contribution in [0.15, 0.2) is 41.4 Å². The van der Waals surface area contributed by atoms with Gasteiger partial charge in [-0.1, -0.05) is 24.3 Å². The fourth-order valence-corrected chi connectivity index (χ4v) is 3.50. The summed E-state index contributed by atoms with van der Waals surface area (Å²) in [5, 5.41) is 3.27. The number of benzene rings is 1. The maximum absolute atomic E-state index is 12.0. The molecule has 0 saturated carbocycles. The second-order valence-corrected chi connectivity index (χ2v) is 7.44. The Morgan fingerprint density at radius 1 is 1.24 bits per heavy atom. The molecule has 3 rings (SSSR count). The predicted molar refractivity (Wildman–Crippen MR) is 127 cm³/mol. The molecule has 2 aliphatic rings. The topological polar surface area (TPSA) is 60.4 Å². The highest BCUT2D eigenvalue weighted by Crippen LogP contribution is 2.18. The van der Waals surface area contributed by atoms with Crippen molar-refractivity contribution in [3.05, 3.63) is 42.0 Å². The summed E-state index contributed by atoms with van der Waals surface area (Å²) in [6.07, 6.45) is 5.58. The standard InChI is InChI=1S/C21H31N5O2.HI/c1-24(2)20(27)15-23-21(22-14-17-6-8-19(28-3)9-7-17)26-13-10-18(16-26)25-11-4-5-12-25;/h4-9,18H,10-16H2,1-3H3,(H,22,23);1H. The highest BCUT2D eigenvalue weighted by Gasteiger charge is 2.29. The second kappa shape index (κ2) is 11.4. The van der Waals surface area contributed by atoms with Crippen LogP contribution in [0.5, 0.6) is 5.75 Å². The van der Waals surface area contributed by atoms with Crippen LogP contribution in [0, 0.1) is 0 Å². The molecule has 0 aliphatic carbocycles. The number of nitrogens with zero attached hydrogens (tertiary/aromatic N) is 4. The lowest BCUT2D eigenvalue weighted by Crippen LogP contribution is -2.46. The van der Waals surface area contributed by atoms with E-state index in [0.29, 0.717) is 12.6 Å². The number of guanidine groups is 1. The van der Waals surface area contributed by atoms with Gasteiger partial charge >= 0.3 is 0 Å². The second-order valence-electron chi connectivity index (χ2n) is 7.44. The third-order valence-electron chi connectivity index (χ3n) is 5.29. The number of amides is 1. The van der Waals surface area contributed by atoms with E-state index in [4.69, 9.17) is 9.73 Å². The van der Waals surface area contributed by atoms with Crippen molar-refractivity contribution in [2.24, 2.45) is 4.99 Å². The molecule has 1 amide bonds. The quantitative estimate of drug-likeness (QED) is 0.272. The third-order valence-corrected chi connectivity index (χ3v) is 5.29. The fourth-order valence-electron chi connectivity index (χ4n) is 3.50. The number of likely N-dealkylation sites (tertiary alicyclic amines) is 1. The number of hydrogen-bond donors (Lipinski definition) is 1. The molecular weight excluding hydrogens is 481 g/mol. The number of carbonyl (C=O) groups excluding carboxylic acids is 1. The summed E-state index contributed by atoms with van der Waals surface area (Å²) < 4.78 is 5.22. The first kappa shape index (κ1) is 23.5. The molecule has 1 atom stereocenters. The predicted octanol–water partition coefficient (Wildman–Crippen LogP) is 1.79. The lowest BCUT2D eigenvalue weighted by molar-refractivity contribution is -0.127. The van der Waals surface area contributed by atoms with E-state index in [1.165, 1.54) is 0 Å². The van der Waals surface area contributed by atoms with Crippen LogP contribution in [0.2, 0.25) is 0 Å². The van der Waals surface area contributed by atoms with Crippen molar-refractivity contribution in [3.8, 4) is 5.75 Å². The summed E-state index contributed by atoms with van der Waals surface area (Å²) in [4.78, 5) is 23.2. The SMILES string of the molecule is COc1ccc(CN=C(NCC(=O)N(C)C)N2CCC(N3CC=CC3)C2)cc1.I. The van der Waals surface area contributed by atoms with E-state index in [-0.39, 0.29) is 36.4 Å². The van der Waals surface area contributed by atoms with Gasteiger partial charge in [-0.2, -0.15) is 0 Å². The molecular formula is C21H32IN5O2. The Balaban J connectivity index is 0.00000300. The first-order valence-corrected chi connectivity index (χ1v) is 9.82. The smallest absolute Gasteiger partial charge is 0.241 e. The molecule has 2 heterocycles. The molecule has 1 fully saturated rings. The largest absolute Gasteiger partial charge is 0.497 e. The Kier molecular flexibility index (Phi) is 9.22. The summed E-state index contributed by atoms with van der Waals surface area (Å²) in [6.45, 7) is 4.76. The van der Waals surface area contributed by atoms with Gasteiger partial charge in [0.25, 0.3) is 0 Å². The van der Waals surface area contributed by atoms with E-state index in [2.05, 4.69) is 27.3 Å². The van der Waals surface area contributed by atoms with Crippen LogP contribution in [0.25, 0.3) is 0 Å². The number of hydrogen-bond acceptors (Lipinski definition) is 4. The van der Waals surface area contributed by atoms with Crippen LogP contribution in [0.3, 0.4) is 0 Å². The van der Waals surface area contributed by atoms with Crippen LogP contribution in [-0.4, -0.2) is 86.5 Å². The van der Waals surface area contributed by atoms with Gasteiger partial charge in [0.1, 0.15) is 5.75 Å². The molecule has 1 unspecified atom stereocenters. The highest BCUT2D eigenvalue weighted by atomic mass is 127. The van der Waals surface area contributed by atoms with Crippen LogP contribution in [0.1, 0.15) is 12.0 Å². The number of aliphatic imine (C=N–C) groups is 1. The van der Waals surface area contributed by atoms with Crippen molar-refractivity contribution < 1.29 is 9.53 Å². The van der Waals surface area contributed by atoms with E-state index in [1.54, 1.807) is 26.1 Å². The number of carbonyl (C=O) groups is 1. The summed E-state index contributed by atoms with van der Waals surface area (Å²) in [6, 6.07) is 8.47. The minimum atomic E-state index is 0. The summed E-state index contributed by atoms with van der Waals surface area (Å²) in [5.74, 6) is 1.68. The number of likely N-dealkylation sites (N-methyl/N-ethyl adjacent to an activating group) is 1. The van der Waals surface area contributed by atoms with Crippen molar-refractivity contribution in [2.75, 3.05) is 53.9 Å². The molecule has 0 radical (unpaired) electrons. The molecule has 1 saturated heterocycles. The van der Waals surface area contributed by atoms with Crippen molar-refractivity contribution in [2.45, 2.75) is 19.0 Å². The van der Waals surface area contributed by atoms with Crippen LogP contribution in [0.4, 0.5) is 0 Å². The molecule has 8 heteroatoms. The summed E-state index contributed by atoms with van der Waals surface area (Å²) >= 11 is 0. The minimum Gasteiger partial charge on any atom is -0.497 e. The molecule has 1 N–H and O–H groups in total. The van der Waals surface area contributed by atoms with E-state index in [9.17, 15) is 4.79 Å². The van der Waals surface area contributed by atoms with Crippen LogP contribution in [-0.2, 0) is 11.3 Å². The maximum atomic E-state index is 12.0. The lowest BCUT2D eigenvalue weighted by atomic mass is 10.2. The Labute approximate surface area is 190 Å². The molecule has 7 nitrogen and oxygen atoms in total. The number of nitrogens with one attached hydrogen (secondary N) is 1.